The number of piperazine rings is 1. The third-order valence-corrected chi connectivity index (χ3v) is 3.85. The molecule has 0 aliphatic carbocycles. The maximum absolute atomic E-state index is 13.3. The first-order valence-corrected chi connectivity index (χ1v) is 7.39. The van der Waals surface area contributed by atoms with E-state index in [0.29, 0.717) is 24.1 Å². The van der Waals surface area contributed by atoms with E-state index >= 15 is 0 Å². The van der Waals surface area contributed by atoms with Gasteiger partial charge in [0, 0.05) is 5.69 Å². The smallest absolute Gasteiger partial charge is 0.250 e. The lowest BCUT2D eigenvalue weighted by atomic mass is 9.99. The molecule has 0 bridgehead atoms. The standard InChI is InChI=1S/C16H21FN2O2/c1-4-6-12-16(21)19(13(5-2)15(20)18-12)14-8-7-11(17)9-10(14)3/h7-9,12-13H,4-6H2,1-3H3,(H,18,20). The van der Waals surface area contributed by atoms with E-state index < -0.39 is 12.1 Å². The highest BCUT2D eigenvalue weighted by Gasteiger charge is 2.40. The fourth-order valence-electron chi connectivity index (χ4n) is 2.80. The van der Waals surface area contributed by atoms with Crippen LogP contribution < -0.4 is 10.2 Å². The van der Waals surface area contributed by atoms with E-state index in [1.165, 1.54) is 17.0 Å². The van der Waals surface area contributed by atoms with E-state index in [4.69, 9.17) is 0 Å². The summed E-state index contributed by atoms with van der Waals surface area (Å²) >= 11 is 0. The third kappa shape index (κ3) is 2.91. The molecule has 114 valence electrons. The molecule has 1 aromatic carbocycles. The molecule has 2 unspecified atom stereocenters. The fourth-order valence-corrected chi connectivity index (χ4v) is 2.80. The Balaban J connectivity index is 2.44. The molecule has 1 saturated heterocycles. The van der Waals surface area contributed by atoms with Crippen molar-refractivity contribution in [2.75, 3.05) is 4.90 Å². The molecule has 1 aliphatic heterocycles. The van der Waals surface area contributed by atoms with Crippen LogP contribution in [-0.2, 0) is 9.59 Å². The predicted octanol–water partition coefficient (Wildman–Crippen LogP) is 2.54. The number of carbonyl (C=O) groups is 2. The second kappa shape index (κ2) is 6.24. The van der Waals surface area contributed by atoms with Crippen LogP contribution in [0.4, 0.5) is 10.1 Å². The van der Waals surface area contributed by atoms with Gasteiger partial charge in [-0.05, 0) is 43.5 Å². The quantitative estimate of drug-likeness (QED) is 0.927. The summed E-state index contributed by atoms with van der Waals surface area (Å²) in [6, 6.07) is 3.26. The van der Waals surface area contributed by atoms with Gasteiger partial charge in [-0.25, -0.2) is 4.39 Å². The third-order valence-electron chi connectivity index (χ3n) is 3.85. The summed E-state index contributed by atoms with van der Waals surface area (Å²) in [5.74, 6) is -0.597. The molecule has 0 saturated carbocycles. The number of benzene rings is 1. The molecule has 21 heavy (non-hydrogen) atoms. The number of nitrogens with zero attached hydrogens (tertiary/aromatic N) is 1. The highest BCUT2D eigenvalue weighted by Crippen LogP contribution is 2.27. The van der Waals surface area contributed by atoms with Gasteiger partial charge in [-0.3, -0.25) is 14.5 Å². The molecule has 0 radical (unpaired) electrons. The Morgan fingerprint density at radius 2 is 2.00 bits per heavy atom. The monoisotopic (exact) mass is 292 g/mol. The highest BCUT2D eigenvalue weighted by atomic mass is 19.1. The number of nitrogens with one attached hydrogen (secondary N) is 1. The Morgan fingerprint density at radius 3 is 2.57 bits per heavy atom. The molecule has 0 aromatic heterocycles. The second-order valence-electron chi connectivity index (χ2n) is 5.41. The number of anilines is 1. The highest BCUT2D eigenvalue weighted by molar-refractivity contribution is 6.08. The van der Waals surface area contributed by atoms with Gasteiger partial charge in [-0.1, -0.05) is 20.3 Å². The molecule has 1 aromatic rings. The minimum atomic E-state index is -0.533. The van der Waals surface area contributed by atoms with Crippen molar-refractivity contribution in [2.45, 2.75) is 52.1 Å². The number of rotatable bonds is 4. The lowest BCUT2D eigenvalue weighted by molar-refractivity contribution is -0.134. The SMILES string of the molecule is CCCC1NC(=O)C(CC)N(c2ccc(F)cc2C)C1=O. The number of halogens is 1. The van der Waals surface area contributed by atoms with Crippen molar-refractivity contribution in [1.29, 1.82) is 0 Å². The summed E-state index contributed by atoms with van der Waals surface area (Å²) in [4.78, 5) is 26.5. The van der Waals surface area contributed by atoms with Crippen molar-refractivity contribution in [3.63, 3.8) is 0 Å². The van der Waals surface area contributed by atoms with Gasteiger partial charge in [0.1, 0.15) is 17.9 Å². The normalized spacial score (nSPS) is 22.4. The Morgan fingerprint density at radius 1 is 1.29 bits per heavy atom. The van der Waals surface area contributed by atoms with Crippen LogP contribution in [0.15, 0.2) is 18.2 Å². The Hall–Kier alpha value is -1.91. The number of amides is 2. The van der Waals surface area contributed by atoms with E-state index in [9.17, 15) is 14.0 Å². The minimum Gasteiger partial charge on any atom is -0.342 e. The molecule has 1 aliphatic rings. The average molecular weight is 292 g/mol. The molecular formula is C16H21FN2O2. The van der Waals surface area contributed by atoms with Gasteiger partial charge in [0.15, 0.2) is 0 Å². The maximum Gasteiger partial charge on any atom is 0.250 e. The van der Waals surface area contributed by atoms with Gasteiger partial charge in [0.25, 0.3) is 0 Å². The summed E-state index contributed by atoms with van der Waals surface area (Å²) in [6.45, 7) is 5.59. The molecular weight excluding hydrogens is 271 g/mol. The molecule has 2 rings (SSSR count). The summed E-state index contributed by atoms with van der Waals surface area (Å²) < 4.78 is 13.3. The predicted molar refractivity (Wildman–Crippen MR) is 79.5 cm³/mol. The average Bonchev–Trinajstić information content (AvgIpc) is 2.43. The molecule has 1 heterocycles. The first-order chi connectivity index (χ1) is 9.99. The fraction of sp³-hybridized carbons (Fsp3) is 0.500. The summed E-state index contributed by atoms with van der Waals surface area (Å²) in [5.41, 5.74) is 1.27. The van der Waals surface area contributed by atoms with Crippen LogP contribution in [-0.4, -0.2) is 23.9 Å². The van der Waals surface area contributed by atoms with Gasteiger partial charge < -0.3 is 5.32 Å². The number of aryl methyl sites for hydroxylation is 1. The van der Waals surface area contributed by atoms with Crippen molar-refractivity contribution in [3.05, 3.63) is 29.6 Å². The van der Waals surface area contributed by atoms with Crippen molar-refractivity contribution in [3.8, 4) is 0 Å². The Labute approximate surface area is 124 Å². The van der Waals surface area contributed by atoms with Gasteiger partial charge in [-0.15, -0.1) is 0 Å². The van der Waals surface area contributed by atoms with Gasteiger partial charge in [0.05, 0.1) is 0 Å². The molecule has 4 nitrogen and oxygen atoms in total. The zero-order valence-electron chi connectivity index (χ0n) is 12.6. The Bertz CT molecular complexity index is 559. The number of hydrogen-bond donors (Lipinski definition) is 1. The molecule has 2 amide bonds. The largest absolute Gasteiger partial charge is 0.342 e. The van der Waals surface area contributed by atoms with Crippen molar-refractivity contribution in [1.82, 2.24) is 5.32 Å². The zero-order valence-corrected chi connectivity index (χ0v) is 12.6. The van der Waals surface area contributed by atoms with Gasteiger partial charge >= 0.3 is 0 Å². The van der Waals surface area contributed by atoms with E-state index in [0.717, 1.165) is 6.42 Å². The molecule has 1 N–H and O–H groups in total. The summed E-state index contributed by atoms with van der Waals surface area (Å²) in [5, 5.41) is 2.79. The first-order valence-electron chi connectivity index (χ1n) is 7.39. The van der Waals surface area contributed by atoms with E-state index in [1.54, 1.807) is 13.0 Å². The van der Waals surface area contributed by atoms with Gasteiger partial charge in [0.2, 0.25) is 11.8 Å². The van der Waals surface area contributed by atoms with Crippen LogP contribution in [0.5, 0.6) is 0 Å². The van der Waals surface area contributed by atoms with Crippen LogP contribution in [0.3, 0.4) is 0 Å². The number of carbonyl (C=O) groups excluding carboxylic acids is 2. The van der Waals surface area contributed by atoms with Crippen molar-refractivity contribution < 1.29 is 14.0 Å². The van der Waals surface area contributed by atoms with Crippen LogP contribution in [0.25, 0.3) is 0 Å². The van der Waals surface area contributed by atoms with Gasteiger partial charge in [-0.2, -0.15) is 0 Å². The van der Waals surface area contributed by atoms with Crippen LogP contribution in [0, 0.1) is 12.7 Å². The molecule has 2 atom stereocenters. The lowest BCUT2D eigenvalue weighted by Gasteiger charge is -2.39. The van der Waals surface area contributed by atoms with Crippen LogP contribution in [0.2, 0.25) is 0 Å². The second-order valence-corrected chi connectivity index (χ2v) is 5.41. The molecule has 5 heteroatoms. The van der Waals surface area contributed by atoms with Crippen molar-refractivity contribution in [2.24, 2.45) is 0 Å². The zero-order chi connectivity index (χ0) is 15.6. The van der Waals surface area contributed by atoms with E-state index in [-0.39, 0.29) is 17.6 Å². The summed E-state index contributed by atoms with van der Waals surface area (Å²) in [6.07, 6.45) is 1.94. The van der Waals surface area contributed by atoms with Crippen molar-refractivity contribution >= 4 is 17.5 Å². The first kappa shape index (κ1) is 15.5. The Kier molecular flexibility index (Phi) is 4.60. The van der Waals surface area contributed by atoms with E-state index in [1.807, 2.05) is 13.8 Å². The topological polar surface area (TPSA) is 49.4 Å². The minimum absolute atomic E-state index is 0.113. The lowest BCUT2D eigenvalue weighted by Crippen LogP contribution is -2.63. The molecule has 1 fully saturated rings. The number of hydrogen-bond acceptors (Lipinski definition) is 2. The van der Waals surface area contributed by atoms with Crippen LogP contribution >= 0.6 is 0 Å². The molecule has 0 spiro atoms. The van der Waals surface area contributed by atoms with Crippen LogP contribution in [0.1, 0.15) is 38.7 Å². The maximum atomic E-state index is 13.3. The van der Waals surface area contributed by atoms with E-state index in [2.05, 4.69) is 5.32 Å². The summed E-state index contributed by atoms with van der Waals surface area (Å²) in [7, 11) is 0.